The van der Waals surface area contributed by atoms with E-state index in [-0.39, 0.29) is 5.91 Å². The van der Waals surface area contributed by atoms with Crippen LogP contribution in [-0.2, 0) is 6.42 Å². The lowest BCUT2D eigenvalue weighted by Crippen LogP contribution is -2.34. The second-order valence-corrected chi connectivity index (χ2v) is 4.97. The number of pyridine rings is 1. The van der Waals surface area contributed by atoms with Crippen molar-refractivity contribution < 1.29 is 4.79 Å². The molecule has 20 heavy (non-hydrogen) atoms. The van der Waals surface area contributed by atoms with Gasteiger partial charge in [-0.1, -0.05) is 6.92 Å². The van der Waals surface area contributed by atoms with Gasteiger partial charge in [-0.3, -0.25) is 4.79 Å². The van der Waals surface area contributed by atoms with E-state index in [0.717, 1.165) is 25.0 Å². The highest BCUT2D eigenvalue weighted by Gasteiger charge is 2.32. The van der Waals surface area contributed by atoms with E-state index in [2.05, 4.69) is 16.4 Å². The number of hydrogen-bond acceptors (Lipinski definition) is 4. The molecule has 1 amide bonds. The van der Waals surface area contributed by atoms with Gasteiger partial charge in [-0.15, -0.1) is 0 Å². The molecule has 0 unspecified atom stereocenters. The van der Waals surface area contributed by atoms with Crippen molar-refractivity contribution in [2.45, 2.75) is 38.6 Å². The number of aryl methyl sites for hydroxylation is 1. The van der Waals surface area contributed by atoms with E-state index in [1.54, 1.807) is 13.1 Å². The van der Waals surface area contributed by atoms with Crippen molar-refractivity contribution in [3.8, 4) is 6.07 Å². The Hall–Kier alpha value is -2.09. The van der Waals surface area contributed by atoms with Crippen LogP contribution in [0.1, 0.15) is 42.2 Å². The zero-order chi connectivity index (χ0) is 14.5. The summed E-state index contributed by atoms with van der Waals surface area (Å²) in [6.45, 7) is 2.53. The van der Waals surface area contributed by atoms with E-state index in [1.165, 1.54) is 0 Å². The van der Waals surface area contributed by atoms with Crippen molar-refractivity contribution >= 4 is 11.7 Å². The molecule has 1 heterocycles. The maximum atomic E-state index is 12.6. The monoisotopic (exact) mass is 272 g/mol. The van der Waals surface area contributed by atoms with Gasteiger partial charge in [0.05, 0.1) is 12.5 Å². The summed E-state index contributed by atoms with van der Waals surface area (Å²) >= 11 is 0. The fourth-order valence-electron chi connectivity index (χ4n) is 2.19. The van der Waals surface area contributed by atoms with Crippen LogP contribution in [-0.4, -0.2) is 35.4 Å². The summed E-state index contributed by atoms with van der Waals surface area (Å²) in [5, 5.41) is 11.7. The minimum atomic E-state index is 0.0105. The number of hydrogen-bond donors (Lipinski definition) is 1. The first-order valence-corrected chi connectivity index (χ1v) is 7.06. The van der Waals surface area contributed by atoms with Gasteiger partial charge in [0, 0.05) is 30.9 Å². The van der Waals surface area contributed by atoms with Gasteiger partial charge in [-0.25, -0.2) is 4.98 Å². The standard InChI is InChI=1S/C15H20N4O/c1-3-12-9-11(10-14(17-2)18-12)15(20)19(8-4-7-16)13-5-6-13/h9-10,13H,3-6,8H2,1-2H3,(H,17,18). The molecule has 5 heteroatoms. The smallest absolute Gasteiger partial charge is 0.254 e. The molecule has 1 aliphatic rings. The first-order chi connectivity index (χ1) is 9.69. The summed E-state index contributed by atoms with van der Waals surface area (Å²) in [6, 6.07) is 6.06. The summed E-state index contributed by atoms with van der Waals surface area (Å²) in [6.07, 6.45) is 3.26. The van der Waals surface area contributed by atoms with E-state index in [4.69, 9.17) is 5.26 Å². The van der Waals surface area contributed by atoms with Crippen molar-refractivity contribution in [3.63, 3.8) is 0 Å². The molecule has 1 fully saturated rings. The van der Waals surface area contributed by atoms with Gasteiger partial charge in [-0.2, -0.15) is 5.26 Å². The van der Waals surface area contributed by atoms with Crippen LogP contribution in [0.2, 0.25) is 0 Å². The minimum absolute atomic E-state index is 0.0105. The third-order valence-electron chi connectivity index (χ3n) is 3.46. The predicted molar refractivity (Wildman–Crippen MR) is 77.5 cm³/mol. The van der Waals surface area contributed by atoms with Crippen molar-refractivity contribution in [1.82, 2.24) is 9.88 Å². The molecule has 0 spiro atoms. The average molecular weight is 272 g/mol. The topological polar surface area (TPSA) is 69.0 Å². The molecule has 1 aromatic rings. The Morgan fingerprint density at radius 2 is 2.30 bits per heavy atom. The lowest BCUT2D eigenvalue weighted by Gasteiger charge is -2.21. The molecule has 0 saturated heterocycles. The molecule has 1 N–H and O–H groups in total. The number of nitrogens with one attached hydrogen (secondary N) is 1. The Morgan fingerprint density at radius 1 is 1.55 bits per heavy atom. The zero-order valence-corrected chi connectivity index (χ0v) is 12.0. The third-order valence-corrected chi connectivity index (χ3v) is 3.46. The molecule has 0 atom stereocenters. The number of carbonyl (C=O) groups excluding carboxylic acids is 1. The first-order valence-electron chi connectivity index (χ1n) is 7.06. The van der Waals surface area contributed by atoms with Crippen LogP contribution >= 0.6 is 0 Å². The van der Waals surface area contributed by atoms with Crippen LogP contribution in [0.3, 0.4) is 0 Å². The molecular formula is C15H20N4O. The van der Waals surface area contributed by atoms with Crippen LogP contribution < -0.4 is 5.32 Å². The third kappa shape index (κ3) is 3.27. The number of amides is 1. The van der Waals surface area contributed by atoms with E-state index in [0.29, 0.717) is 30.4 Å². The predicted octanol–water partition coefficient (Wildman–Crippen LogP) is 2.20. The van der Waals surface area contributed by atoms with Crippen LogP contribution in [0, 0.1) is 11.3 Å². The molecule has 0 radical (unpaired) electrons. The summed E-state index contributed by atoms with van der Waals surface area (Å²) < 4.78 is 0. The van der Waals surface area contributed by atoms with Crippen molar-refractivity contribution in [3.05, 3.63) is 23.4 Å². The fraction of sp³-hybridized carbons (Fsp3) is 0.533. The van der Waals surface area contributed by atoms with Crippen molar-refractivity contribution in [2.24, 2.45) is 0 Å². The van der Waals surface area contributed by atoms with Gasteiger partial charge in [0.15, 0.2) is 0 Å². The quantitative estimate of drug-likeness (QED) is 0.862. The molecule has 0 aliphatic heterocycles. The van der Waals surface area contributed by atoms with Gasteiger partial charge in [-0.05, 0) is 31.4 Å². The highest BCUT2D eigenvalue weighted by atomic mass is 16.2. The minimum Gasteiger partial charge on any atom is -0.373 e. The molecule has 0 bridgehead atoms. The van der Waals surface area contributed by atoms with Gasteiger partial charge in [0.25, 0.3) is 5.91 Å². The van der Waals surface area contributed by atoms with E-state index in [9.17, 15) is 4.79 Å². The van der Waals surface area contributed by atoms with Crippen LogP contribution in [0.25, 0.3) is 0 Å². The number of nitrogens with zero attached hydrogens (tertiary/aromatic N) is 3. The molecule has 1 saturated carbocycles. The summed E-state index contributed by atoms with van der Waals surface area (Å²) in [5.41, 5.74) is 1.56. The SMILES string of the molecule is CCc1cc(C(=O)N(CCC#N)C2CC2)cc(NC)n1. The molecule has 2 rings (SSSR count). The molecule has 1 aliphatic carbocycles. The van der Waals surface area contributed by atoms with Crippen LogP contribution in [0.4, 0.5) is 5.82 Å². The van der Waals surface area contributed by atoms with Gasteiger partial charge >= 0.3 is 0 Å². The average Bonchev–Trinajstić information content (AvgIpc) is 3.31. The molecule has 0 aromatic carbocycles. The Kier molecular flexibility index (Phi) is 4.57. The number of rotatable bonds is 6. The highest BCUT2D eigenvalue weighted by Crippen LogP contribution is 2.28. The first kappa shape index (κ1) is 14.3. The summed E-state index contributed by atoms with van der Waals surface area (Å²) in [7, 11) is 1.80. The van der Waals surface area contributed by atoms with Crippen LogP contribution in [0.15, 0.2) is 12.1 Å². The second-order valence-electron chi connectivity index (χ2n) is 4.97. The van der Waals surface area contributed by atoms with Gasteiger partial charge < -0.3 is 10.2 Å². The molecule has 106 valence electrons. The zero-order valence-electron chi connectivity index (χ0n) is 12.0. The molecule has 1 aromatic heterocycles. The highest BCUT2D eigenvalue weighted by molar-refractivity contribution is 5.95. The van der Waals surface area contributed by atoms with Crippen molar-refractivity contribution in [1.29, 1.82) is 5.26 Å². The molecule has 5 nitrogen and oxygen atoms in total. The number of aromatic nitrogens is 1. The Bertz CT molecular complexity index is 509. The number of carbonyl (C=O) groups is 1. The Balaban J connectivity index is 2.23. The lowest BCUT2D eigenvalue weighted by molar-refractivity contribution is 0.0746. The molecular weight excluding hydrogens is 252 g/mol. The Morgan fingerprint density at radius 3 is 2.85 bits per heavy atom. The number of anilines is 1. The van der Waals surface area contributed by atoms with E-state index < -0.39 is 0 Å². The van der Waals surface area contributed by atoms with Gasteiger partial charge in [0.1, 0.15) is 5.82 Å². The van der Waals surface area contributed by atoms with Gasteiger partial charge in [0.2, 0.25) is 0 Å². The largest absolute Gasteiger partial charge is 0.373 e. The number of nitriles is 1. The normalized spacial score (nSPS) is 13.7. The maximum Gasteiger partial charge on any atom is 0.254 e. The van der Waals surface area contributed by atoms with E-state index >= 15 is 0 Å². The fourth-order valence-corrected chi connectivity index (χ4v) is 2.19. The Labute approximate surface area is 119 Å². The summed E-state index contributed by atoms with van der Waals surface area (Å²) in [4.78, 5) is 18.9. The maximum absolute atomic E-state index is 12.6. The summed E-state index contributed by atoms with van der Waals surface area (Å²) in [5.74, 6) is 0.722. The second kappa shape index (κ2) is 6.38. The lowest BCUT2D eigenvalue weighted by atomic mass is 10.1. The van der Waals surface area contributed by atoms with E-state index in [1.807, 2.05) is 17.9 Å². The van der Waals surface area contributed by atoms with Crippen molar-refractivity contribution in [2.75, 3.05) is 18.9 Å². The van der Waals surface area contributed by atoms with Crippen LogP contribution in [0.5, 0.6) is 0 Å².